The van der Waals surface area contributed by atoms with Gasteiger partial charge in [0, 0.05) is 7.05 Å². The average molecular weight is 503 g/mol. The van der Waals surface area contributed by atoms with Crippen molar-refractivity contribution in [2.75, 3.05) is 18.1 Å². The molecule has 0 radical (unpaired) electrons. The molecule has 182 valence electrons. The molecule has 34 heavy (non-hydrogen) atoms. The zero-order chi connectivity index (χ0) is 25.5. The molecule has 1 aromatic heterocycles. The van der Waals surface area contributed by atoms with Crippen molar-refractivity contribution in [3.8, 4) is 6.07 Å². The van der Waals surface area contributed by atoms with E-state index < -0.39 is 73.5 Å². The topological polar surface area (TPSA) is 158 Å². The predicted molar refractivity (Wildman–Crippen MR) is 106 cm³/mol. The molecule has 0 bridgehead atoms. The largest absolute Gasteiger partial charge is 0.436 e. The third-order valence-corrected chi connectivity index (χ3v) is 6.73. The summed E-state index contributed by atoms with van der Waals surface area (Å²) in [7, 11) is -2.99. The van der Waals surface area contributed by atoms with Gasteiger partial charge in [-0.2, -0.15) is 18.4 Å². The molecule has 0 spiro atoms. The summed E-state index contributed by atoms with van der Waals surface area (Å²) in [6.07, 6.45) is -6.37. The van der Waals surface area contributed by atoms with Crippen LogP contribution in [0.25, 0.3) is 0 Å². The van der Waals surface area contributed by atoms with Gasteiger partial charge in [0.2, 0.25) is 0 Å². The lowest BCUT2D eigenvalue weighted by molar-refractivity contribution is -0.141. The summed E-state index contributed by atoms with van der Waals surface area (Å²) >= 11 is 0. The normalized spacial score (nSPS) is 19.6. The predicted octanol–water partition coefficient (Wildman–Crippen LogP) is 1.23. The van der Waals surface area contributed by atoms with Crippen LogP contribution in [0.2, 0.25) is 0 Å². The molecule has 3 rings (SSSR count). The molecule has 0 saturated carbocycles. The van der Waals surface area contributed by atoms with Crippen LogP contribution in [-0.2, 0) is 20.8 Å². The van der Waals surface area contributed by atoms with Gasteiger partial charge in [0.15, 0.2) is 27.5 Å². The van der Waals surface area contributed by atoms with Crippen LogP contribution in [-0.4, -0.2) is 60.1 Å². The van der Waals surface area contributed by atoms with Gasteiger partial charge < -0.3 is 20.5 Å². The molecule has 1 aliphatic rings. The second-order valence-electron chi connectivity index (χ2n) is 7.52. The monoisotopic (exact) mass is 503 g/mol. The smallest absolute Gasteiger partial charge is 0.386 e. The third-order valence-electron chi connectivity index (χ3n) is 4.80. The lowest BCUT2D eigenvalue weighted by Crippen LogP contribution is -2.41. The van der Waals surface area contributed by atoms with Gasteiger partial charge in [-0.1, -0.05) is 0 Å². The molecule has 1 saturated heterocycles. The number of ether oxygens (including phenoxy) is 1. The highest BCUT2D eigenvalue weighted by Crippen LogP contribution is 2.36. The fraction of sp³-hybridized carbons (Fsp3) is 0.368. The number of alkyl halides is 3. The molecule has 1 aromatic carbocycles. The highest BCUT2D eigenvalue weighted by molar-refractivity contribution is 7.91. The maximum absolute atomic E-state index is 14.2. The van der Waals surface area contributed by atoms with Gasteiger partial charge in [0.1, 0.15) is 29.4 Å². The number of nitrogens with one attached hydrogen (secondary N) is 2. The van der Waals surface area contributed by atoms with Gasteiger partial charge in [-0.15, -0.1) is 0 Å². The Morgan fingerprint density at radius 3 is 2.59 bits per heavy atom. The van der Waals surface area contributed by atoms with Crippen LogP contribution in [0.3, 0.4) is 0 Å². The number of benzene rings is 1. The number of sulfone groups is 1. The zero-order valence-electron chi connectivity index (χ0n) is 17.5. The van der Waals surface area contributed by atoms with E-state index in [9.17, 15) is 35.9 Å². The van der Waals surface area contributed by atoms with Gasteiger partial charge >= 0.3 is 6.18 Å². The minimum Gasteiger partial charge on any atom is -0.386 e. The Hall–Kier alpha value is -3.35. The number of amides is 1. The number of halogens is 4. The maximum Gasteiger partial charge on any atom is 0.436 e. The van der Waals surface area contributed by atoms with Gasteiger partial charge in [-0.3, -0.25) is 4.79 Å². The Morgan fingerprint density at radius 2 is 2.03 bits per heavy atom. The lowest BCUT2D eigenvalue weighted by atomic mass is 10.1. The fourth-order valence-corrected chi connectivity index (χ4v) is 4.80. The van der Waals surface area contributed by atoms with Crippen LogP contribution in [0, 0.1) is 17.1 Å². The Morgan fingerprint density at radius 1 is 1.35 bits per heavy atom. The molecular weight excluding hydrogens is 486 g/mol. The molecule has 0 aliphatic carbocycles. The summed E-state index contributed by atoms with van der Waals surface area (Å²) in [6.45, 7) is 1.12. The Labute approximate surface area is 190 Å². The average Bonchev–Trinajstić information content (AvgIpc) is 3.52. The minimum atomic E-state index is -4.94. The number of epoxide rings is 1. The molecule has 15 heteroatoms. The highest BCUT2D eigenvalue weighted by Gasteiger charge is 2.54. The van der Waals surface area contributed by atoms with Crippen molar-refractivity contribution in [3.05, 3.63) is 47.2 Å². The van der Waals surface area contributed by atoms with Gasteiger partial charge in [0.05, 0.1) is 22.4 Å². The standard InChI is InChI=1S/C19H17F4N5O5S/c1-18(30,8-34(31,32)9-3-4-10(11(20)5-9)16(29)25-2)15-17(33-15)28-13-7-26-12(6-24)14(27-13)19(21,22)23/h3-5,7,15,17,30H,8H2,1-2H3,(H,25,29)(H,27,28)/t15?,17?,18-/m0/s1. The van der Waals surface area contributed by atoms with Crippen LogP contribution < -0.4 is 10.6 Å². The number of nitriles is 1. The first-order valence-corrected chi connectivity index (χ1v) is 11.1. The number of carbonyl (C=O) groups excluding carboxylic acids is 1. The molecule has 2 unspecified atom stereocenters. The van der Waals surface area contributed by atoms with E-state index >= 15 is 0 Å². The van der Waals surface area contributed by atoms with E-state index in [0.29, 0.717) is 6.07 Å². The number of anilines is 1. The van der Waals surface area contributed by atoms with E-state index in [1.165, 1.54) is 13.1 Å². The van der Waals surface area contributed by atoms with Crippen molar-refractivity contribution in [2.45, 2.75) is 35.9 Å². The molecule has 10 nitrogen and oxygen atoms in total. The second kappa shape index (κ2) is 8.78. The summed E-state index contributed by atoms with van der Waals surface area (Å²) in [5.41, 5.74) is -4.86. The number of aromatic nitrogens is 2. The van der Waals surface area contributed by atoms with Gasteiger partial charge in [0.25, 0.3) is 5.91 Å². The van der Waals surface area contributed by atoms with Crippen LogP contribution in [0.1, 0.15) is 28.7 Å². The summed E-state index contributed by atoms with van der Waals surface area (Å²) in [6, 6.07) is 3.91. The number of carbonyl (C=O) groups is 1. The third kappa shape index (κ3) is 5.24. The molecular formula is C19H17F4N5O5S. The van der Waals surface area contributed by atoms with Crippen molar-refractivity contribution in [2.24, 2.45) is 0 Å². The zero-order valence-corrected chi connectivity index (χ0v) is 18.3. The highest BCUT2D eigenvalue weighted by atomic mass is 32.2. The van der Waals surface area contributed by atoms with E-state index in [1.807, 2.05) is 0 Å². The van der Waals surface area contributed by atoms with Crippen molar-refractivity contribution >= 4 is 21.6 Å². The van der Waals surface area contributed by atoms with Crippen LogP contribution in [0.4, 0.5) is 23.4 Å². The molecule has 3 atom stereocenters. The van der Waals surface area contributed by atoms with Crippen LogP contribution in [0.15, 0.2) is 29.3 Å². The molecule has 2 aromatic rings. The van der Waals surface area contributed by atoms with E-state index in [4.69, 9.17) is 10.00 Å². The molecule has 1 fully saturated rings. The summed E-state index contributed by atoms with van der Waals surface area (Å²) in [5, 5.41) is 24.1. The van der Waals surface area contributed by atoms with Crippen molar-refractivity contribution in [1.82, 2.24) is 15.3 Å². The van der Waals surface area contributed by atoms with E-state index in [2.05, 4.69) is 20.6 Å². The van der Waals surface area contributed by atoms with Crippen molar-refractivity contribution in [1.29, 1.82) is 5.26 Å². The number of aliphatic hydroxyl groups is 1. The minimum absolute atomic E-state index is 0.371. The lowest BCUT2D eigenvalue weighted by Gasteiger charge is -2.21. The molecule has 1 amide bonds. The van der Waals surface area contributed by atoms with E-state index in [0.717, 1.165) is 25.3 Å². The first kappa shape index (κ1) is 25.3. The molecule has 3 N–H and O–H groups in total. The Bertz CT molecular complexity index is 1280. The van der Waals surface area contributed by atoms with Gasteiger partial charge in [-0.05, 0) is 25.1 Å². The Kier molecular flexibility index (Phi) is 6.53. The summed E-state index contributed by atoms with van der Waals surface area (Å²) in [5.74, 6) is -3.17. The Balaban J connectivity index is 1.73. The first-order valence-electron chi connectivity index (χ1n) is 9.42. The number of hydrogen-bond acceptors (Lipinski definition) is 9. The maximum atomic E-state index is 14.2. The van der Waals surface area contributed by atoms with Crippen molar-refractivity contribution < 1.29 is 40.6 Å². The first-order chi connectivity index (χ1) is 15.7. The molecule has 1 aliphatic heterocycles. The number of nitrogens with zero attached hydrogens (tertiary/aromatic N) is 3. The van der Waals surface area contributed by atoms with E-state index in [-0.39, 0.29) is 5.56 Å². The van der Waals surface area contributed by atoms with Crippen LogP contribution in [0.5, 0.6) is 0 Å². The van der Waals surface area contributed by atoms with Crippen molar-refractivity contribution in [3.63, 3.8) is 0 Å². The second-order valence-corrected chi connectivity index (χ2v) is 9.51. The summed E-state index contributed by atoms with van der Waals surface area (Å²) in [4.78, 5) is 17.8. The fourth-order valence-electron chi connectivity index (χ4n) is 3.14. The van der Waals surface area contributed by atoms with E-state index in [1.54, 1.807) is 0 Å². The number of rotatable bonds is 7. The summed E-state index contributed by atoms with van der Waals surface area (Å²) < 4.78 is 83.8. The van der Waals surface area contributed by atoms with Crippen LogP contribution >= 0.6 is 0 Å². The SMILES string of the molecule is CNC(=O)c1ccc(S(=O)(=O)C[C@](C)(O)C2OC2Nc2cnc(C#N)c(C(F)(F)F)n2)cc1F. The van der Waals surface area contributed by atoms with Gasteiger partial charge in [-0.25, -0.2) is 22.8 Å². The molecule has 2 heterocycles. The number of hydrogen-bond donors (Lipinski definition) is 3. The quantitative estimate of drug-likeness (QED) is 0.373.